The molecule has 94 valence electrons. The summed E-state index contributed by atoms with van der Waals surface area (Å²) in [6.07, 6.45) is -5.69. The van der Waals surface area contributed by atoms with E-state index in [1.165, 1.54) is 6.07 Å². The highest BCUT2D eigenvalue weighted by Crippen LogP contribution is 2.20. The molecule has 7 heteroatoms. The van der Waals surface area contributed by atoms with Crippen molar-refractivity contribution < 1.29 is 27.1 Å². The molecule has 0 saturated carbocycles. The molecule has 1 aromatic carbocycles. The maximum atomic E-state index is 13.2. The Hall–Kier alpha value is -1.79. The number of nitrogens with two attached hydrogens (primary N) is 1. The number of carbonyl (C=O) groups is 1. The van der Waals surface area contributed by atoms with Crippen LogP contribution in [-0.2, 0) is 4.74 Å². The molecule has 0 aliphatic heterocycles. The van der Waals surface area contributed by atoms with Gasteiger partial charge in [-0.15, -0.1) is 0 Å². The van der Waals surface area contributed by atoms with E-state index < -0.39 is 36.6 Å². The lowest BCUT2D eigenvalue weighted by atomic mass is 10.2. The Morgan fingerprint density at radius 3 is 2.53 bits per heavy atom. The van der Waals surface area contributed by atoms with Gasteiger partial charge in [-0.1, -0.05) is 0 Å². The van der Waals surface area contributed by atoms with Crippen molar-refractivity contribution in [3.05, 3.63) is 29.6 Å². The molecule has 0 aromatic heterocycles. The van der Waals surface area contributed by atoms with Crippen LogP contribution < -0.4 is 5.73 Å². The number of nitrogen functional groups attached to an aromatic ring is 1. The third-order valence-electron chi connectivity index (χ3n) is 1.83. The summed E-state index contributed by atoms with van der Waals surface area (Å²) in [7, 11) is 0. The third-order valence-corrected chi connectivity index (χ3v) is 1.83. The molecule has 0 fully saturated rings. The first-order valence-corrected chi connectivity index (χ1v) is 4.58. The Bertz CT molecular complexity index is 417. The van der Waals surface area contributed by atoms with Gasteiger partial charge in [0.25, 0.3) is 0 Å². The third kappa shape index (κ3) is 4.29. The Balaban J connectivity index is 2.59. The molecule has 2 N–H and O–H groups in total. The molecule has 0 spiro atoms. The molecule has 0 amide bonds. The molecule has 0 unspecified atom stereocenters. The SMILES string of the molecule is Nc1ccc(C(=O)OCCC(F)(F)F)c(F)c1. The molecule has 3 nitrogen and oxygen atoms in total. The number of anilines is 1. The van der Waals surface area contributed by atoms with E-state index in [-0.39, 0.29) is 5.69 Å². The molecule has 1 rings (SSSR count). The molecule has 0 heterocycles. The van der Waals surface area contributed by atoms with E-state index in [0.717, 1.165) is 12.1 Å². The van der Waals surface area contributed by atoms with Gasteiger partial charge in [0.2, 0.25) is 0 Å². The Morgan fingerprint density at radius 1 is 1.35 bits per heavy atom. The van der Waals surface area contributed by atoms with Gasteiger partial charge in [-0.25, -0.2) is 9.18 Å². The van der Waals surface area contributed by atoms with Crippen molar-refractivity contribution in [3.63, 3.8) is 0 Å². The minimum absolute atomic E-state index is 0.106. The van der Waals surface area contributed by atoms with Crippen LogP contribution in [-0.4, -0.2) is 18.8 Å². The zero-order valence-electron chi connectivity index (χ0n) is 8.55. The summed E-state index contributed by atoms with van der Waals surface area (Å²) in [5.41, 5.74) is 4.91. The van der Waals surface area contributed by atoms with Crippen LogP contribution in [0.25, 0.3) is 0 Å². The van der Waals surface area contributed by atoms with Crippen molar-refractivity contribution in [2.75, 3.05) is 12.3 Å². The van der Waals surface area contributed by atoms with E-state index in [4.69, 9.17) is 5.73 Å². The first-order chi connectivity index (χ1) is 7.79. The van der Waals surface area contributed by atoms with E-state index in [9.17, 15) is 22.4 Å². The second kappa shape index (κ2) is 5.03. The van der Waals surface area contributed by atoms with Gasteiger partial charge in [-0.2, -0.15) is 13.2 Å². The van der Waals surface area contributed by atoms with Crippen molar-refractivity contribution >= 4 is 11.7 Å². The van der Waals surface area contributed by atoms with Crippen LogP contribution in [0.1, 0.15) is 16.8 Å². The zero-order valence-corrected chi connectivity index (χ0v) is 8.55. The predicted octanol–water partition coefficient (Wildman–Crippen LogP) is 2.52. The molecular formula is C10H9F4NO2. The summed E-state index contributed by atoms with van der Waals surface area (Å²) in [5.74, 6) is -2.08. The highest BCUT2D eigenvalue weighted by atomic mass is 19.4. The highest BCUT2D eigenvalue weighted by Gasteiger charge is 2.27. The van der Waals surface area contributed by atoms with Crippen LogP contribution in [0.5, 0.6) is 0 Å². The van der Waals surface area contributed by atoms with Crippen LogP contribution in [0.4, 0.5) is 23.2 Å². The van der Waals surface area contributed by atoms with Crippen molar-refractivity contribution in [2.24, 2.45) is 0 Å². The Labute approximate surface area is 94.2 Å². The minimum Gasteiger partial charge on any atom is -0.462 e. The Morgan fingerprint density at radius 2 is 2.00 bits per heavy atom. The molecule has 0 saturated heterocycles. The molecule has 1 aromatic rings. The number of hydrogen-bond donors (Lipinski definition) is 1. The van der Waals surface area contributed by atoms with Gasteiger partial charge in [-0.05, 0) is 18.2 Å². The zero-order chi connectivity index (χ0) is 13.1. The second-order valence-electron chi connectivity index (χ2n) is 3.24. The molecule has 0 aliphatic rings. The van der Waals surface area contributed by atoms with Crippen LogP contribution in [0.3, 0.4) is 0 Å². The van der Waals surface area contributed by atoms with Gasteiger partial charge in [-0.3, -0.25) is 0 Å². The second-order valence-corrected chi connectivity index (χ2v) is 3.24. The lowest BCUT2D eigenvalue weighted by Gasteiger charge is -2.08. The van der Waals surface area contributed by atoms with Gasteiger partial charge in [0, 0.05) is 5.69 Å². The highest BCUT2D eigenvalue weighted by molar-refractivity contribution is 5.90. The summed E-state index contributed by atoms with van der Waals surface area (Å²) in [5, 5.41) is 0. The number of rotatable bonds is 3. The molecular weight excluding hydrogens is 242 g/mol. The van der Waals surface area contributed by atoms with Crippen LogP contribution >= 0.6 is 0 Å². The summed E-state index contributed by atoms with van der Waals surface area (Å²) in [4.78, 5) is 11.2. The number of carbonyl (C=O) groups excluding carboxylic acids is 1. The number of alkyl halides is 3. The minimum atomic E-state index is -4.42. The molecule has 17 heavy (non-hydrogen) atoms. The summed E-state index contributed by atoms with van der Waals surface area (Å²) in [6.45, 7) is -0.841. The topological polar surface area (TPSA) is 52.3 Å². The normalized spacial score (nSPS) is 11.3. The number of halogens is 4. The monoisotopic (exact) mass is 251 g/mol. The lowest BCUT2D eigenvalue weighted by molar-refractivity contribution is -0.141. The van der Waals surface area contributed by atoms with Gasteiger partial charge < -0.3 is 10.5 Å². The quantitative estimate of drug-likeness (QED) is 0.510. The first-order valence-electron chi connectivity index (χ1n) is 4.58. The van der Waals surface area contributed by atoms with Gasteiger partial charge >= 0.3 is 12.1 Å². The smallest absolute Gasteiger partial charge is 0.392 e. The summed E-state index contributed by atoms with van der Waals surface area (Å²) >= 11 is 0. The van der Waals surface area contributed by atoms with Gasteiger partial charge in [0.15, 0.2) is 0 Å². The fourth-order valence-corrected chi connectivity index (χ4v) is 1.03. The fraction of sp³-hybridized carbons (Fsp3) is 0.300. The van der Waals surface area contributed by atoms with Gasteiger partial charge in [0.1, 0.15) is 12.4 Å². The molecule has 0 aliphatic carbocycles. The summed E-state index contributed by atoms with van der Waals surface area (Å²) < 4.78 is 52.7. The van der Waals surface area contributed by atoms with E-state index >= 15 is 0 Å². The summed E-state index contributed by atoms with van der Waals surface area (Å²) in [6, 6.07) is 3.20. The van der Waals surface area contributed by atoms with Crippen LogP contribution in [0.2, 0.25) is 0 Å². The standard InChI is InChI=1S/C10H9F4NO2/c11-8-5-6(15)1-2-7(8)9(16)17-4-3-10(12,13)14/h1-2,5H,3-4,15H2. The average Bonchev–Trinajstić information content (AvgIpc) is 2.15. The molecule has 0 radical (unpaired) electrons. The van der Waals surface area contributed by atoms with Crippen LogP contribution in [0.15, 0.2) is 18.2 Å². The van der Waals surface area contributed by atoms with Crippen molar-refractivity contribution in [1.82, 2.24) is 0 Å². The fourth-order valence-electron chi connectivity index (χ4n) is 1.03. The first kappa shape index (κ1) is 13.3. The Kier molecular flexibility index (Phi) is 3.93. The van der Waals surface area contributed by atoms with Crippen molar-refractivity contribution in [3.8, 4) is 0 Å². The number of ether oxygens (including phenoxy) is 1. The average molecular weight is 251 g/mol. The number of esters is 1. The number of benzene rings is 1. The largest absolute Gasteiger partial charge is 0.462 e. The van der Waals surface area contributed by atoms with E-state index in [2.05, 4.69) is 4.74 Å². The maximum Gasteiger partial charge on any atom is 0.392 e. The lowest BCUT2D eigenvalue weighted by Crippen LogP contribution is -2.15. The van der Waals surface area contributed by atoms with Gasteiger partial charge in [0.05, 0.1) is 12.0 Å². The van der Waals surface area contributed by atoms with E-state index in [1.807, 2.05) is 0 Å². The van der Waals surface area contributed by atoms with Crippen LogP contribution in [0, 0.1) is 5.82 Å². The van der Waals surface area contributed by atoms with Crippen molar-refractivity contribution in [2.45, 2.75) is 12.6 Å². The van der Waals surface area contributed by atoms with Crippen molar-refractivity contribution in [1.29, 1.82) is 0 Å². The molecule has 0 bridgehead atoms. The van der Waals surface area contributed by atoms with E-state index in [0.29, 0.717) is 0 Å². The molecule has 0 atom stereocenters. The number of hydrogen-bond acceptors (Lipinski definition) is 3. The maximum absolute atomic E-state index is 13.2. The van der Waals surface area contributed by atoms with E-state index in [1.54, 1.807) is 0 Å². The predicted molar refractivity (Wildman–Crippen MR) is 51.8 cm³/mol.